The smallest absolute Gasteiger partial charge is 0.0707 e. The van der Waals surface area contributed by atoms with E-state index in [1.54, 1.807) is 0 Å². The lowest BCUT2D eigenvalue weighted by molar-refractivity contribution is -0.0386. The first kappa shape index (κ1) is 12.3. The SMILES string of the molecule is CCC(CCCN1CC2CCC(C1)O2)NC. The highest BCUT2D eigenvalue weighted by Crippen LogP contribution is 2.26. The number of fused-ring (bicyclic) bond motifs is 2. The van der Waals surface area contributed by atoms with Gasteiger partial charge in [0.1, 0.15) is 0 Å². The molecule has 0 spiro atoms. The molecular weight excluding hydrogens is 200 g/mol. The molecule has 3 heteroatoms. The Kier molecular flexibility index (Phi) is 4.62. The fourth-order valence-corrected chi connectivity index (χ4v) is 3.00. The average Bonchev–Trinajstić information content (AvgIpc) is 2.64. The summed E-state index contributed by atoms with van der Waals surface area (Å²) in [5.41, 5.74) is 0. The van der Waals surface area contributed by atoms with Crippen molar-refractivity contribution >= 4 is 0 Å². The molecule has 1 N–H and O–H groups in total. The van der Waals surface area contributed by atoms with Crippen LogP contribution in [0.3, 0.4) is 0 Å². The summed E-state index contributed by atoms with van der Waals surface area (Å²) in [5.74, 6) is 0. The van der Waals surface area contributed by atoms with Gasteiger partial charge in [-0.3, -0.25) is 4.90 Å². The largest absolute Gasteiger partial charge is 0.372 e. The molecule has 0 aromatic rings. The Balaban J connectivity index is 1.63. The molecule has 0 aliphatic carbocycles. The minimum atomic E-state index is 0.546. The molecule has 2 aliphatic heterocycles. The second kappa shape index (κ2) is 5.99. The van der Waals surface area contributed by atoms with Crippen LogP contribution in [-0.2, 0) is 4.74 Å². The molecule has 3 nitrogen and oxygen atoms in total. The van der Waals surface area contributed by atoms with E-state index in [1.807, 2.05) is 0 Å². The Morgan fingerprint density at radius 2 is 2.00 bits per heavy atom. The summed E-state index contributed by atoms with van der Waals surface area (Å²) < 4.78 is 5.84. The van der Waals surface area contributed by atoms with Crippen LogP contribution in [0, 0.1) is 0 Å². The highest BCUT2D eigenvalue weighted by atomic mass is 16.5. The number of morpholine rings is 1. The van der Waals surface area contributed by atoms with Crippen LogP contribution in [0.15, 0.2) is 0 Å². The first-order chi connectivity index (χ1) is 7.81. The van der Waals surface area contributed by atoms with E-state index in [0.717, 1.165) is 0 Å². The molecule has 94 valence electrons. The van der Waals surface area contributed by atoms with Crippen LogP contribution in [0.2, 0.25) is 0 Å². The molecule has 2 heterocycles. The van der Waals surface area contributed by atoms with E-state index in [0.29, 0.717) is 18.2 Å². The van der Waals surface area contributed by atoms with Crippen molar-refractivity contribution in [2.75, 3.05) is 26.7 Å². The van der Waals surface area contributed by atoms with Gasteiger partial charge in [0.05, 0.1) is 12.2 Å². The fourth-order valence-electron chi connectivity index (χ4n) is 3.00. The molecule has 0 aromatic carbocycles. The second-order valence-electron chi connectivity index (χ2n) is 5.25. The summed E-state index contributed by atoms with van der Waals surface area (Å²) in [5, 5.41) is 3.38. The van der Waals surface area contributed by atoms with Crippen molar-refractivity contribution in [2.45, 2.75) is 57.3 Å². The van der Waals surface area contributed by atoms with Crippen LogP contribution in [-0.4, -0.2) is 49.8 Å². The van der Waals surface area contributed by atoms with E-state index in [9.17, 15) is 0 Å². The van der Waals surface area contributed by atoms with E-state index in [-0.39, 0.29) is 0 Å². The molecule has 16 heavy (non-hydrogen) atoms. The van der Waals surface area contributed by atoms with Gasteiger partial charge in [0, 0.05) is 19.1 Å². The number of nitrogens with zero attached hydrogens (tertiary/aromatic N) is 1. The highest BCUT2D eigenvalue weighted by Gasteiger charge is 2.33. The summed E-state index contributed by atoms with van der Waals surface area (Å²) in [6.07, 6.45) is 7.53. The third-order valence-corrected chi connectivity index (χ3v) is 4.05. The molecular formula is C13H26N2O. The first-order valence-corrected chi connectivity index (χ1v) is 6.87. The summed E-state index contributed by atoms with van der Waals surface area (Å²) >= 11 is 0. The van der Waals surface area contributed by atoms with Crippen molar-refractivity contribution in [3.8, 4) is 0 Å². The minimum Gasteiger partial charge on any atom is -0.372 e. The van der Waals surface area contributed by atoms with Crippen LogP contribution in [0.5, 0.6) is 0 Å². The molecule has 2 aliphatic rings. The Bertz CT molecular complexity index is 194. The zero-order valence-electron chi connectivity index (χ0n) is 10.7. The lowest BCUT2D eigenvalue weighted by Crippen LogP contribution is -2.43. The number of nitrogens with one attached hydrogen (secondary N) is 1. The van der Waals surface area contributed by atoms with Gasteiger partial charge in [0.2, 0.25) is 0 Å². The fraction of sp³-hybridized carbons (Fsp3) is 1.00. The molecule has 2 rings (SSSR count). The van der Waals surface area contributed by atoms with Crippen LogP contribution in [0.4, 0.5) is 0 Å². The standard InChI is InChI=1S/C13H26N2O/c1-3-11(14-2)5-4-8-15-9-12-6-7-13(10-15)16-12/h11-14H,3-10H2,1-2H3. The van der Waals surface area contributed by atoms with E-state index in [1.165, 1.54) is 51.7 Å². The molecule has 2 saturated heterocycles. The lowest BCUT2D eigenvalue weighted by Gasteiger charge is -2.32. The van der Waals surface area contributed by atoms with E-state index in [4.69, 9.17) is 4.74 Å². The predicted molar refractivity (Wildman–Crippen MR) is 66.7 cm³/mol. The van der Waals surface area contributed by atoms with Crippen molar-refractivity contribution in [2.24, 2.45) is 0 Å². The monoisotopic (exact) mass is 226 g/mol. The Morgan fingerprint density at radius 1 is 1.31 bits per heavy atom. The van der Waals surface area contributed by atoms with Crippen LogP contribution in [0.1, 0.15) is 39.0 Å². The minimum absolute atomic E-state index is 0.546. The second-order valence-corrected chi connectivity index (χ2v) is 5.25. The molecule has 0 aromatic heterocycles. The third kappa shape index (κ3) is 3.19. The molecule has 2 fully saturated rings. The van der Waals surface area contributed by atoms with Gasteiger partial charge in [-0.25, -0.2) is 0 Å². The lowest BCUT2D eigenvalue weighted by atomic mass is 10.1. The summed E-state index contributed by atoms with van der Waals surface area (Å²) in [6.45, 7) is 5.87. The zero-order chi connectivity index (χ0) is 11.4. The molecule has 2 bridgehead atoms. The Morgan fingerprint density at radius 3 is 2.56 bits per heavy atom. The van der Waals surface area contributed by atoms with Gasteiger partial charge >= 0.3 is 0 Å². The number of ether oxygens (including phenoxy) is 1. The third-order valence-electron chi connectivity index (χ3n) is 4.05. The average molecular weight is 226 g/mol. The van der Waals surface area contributed by atoms with Crippen molar-refractivity contribution in [1.29, 1.82) is 0 Å². The first-order valence-electron chi connectivity index (χ1n) is 6.87. The van der Waals surface area contributed by atoms with E-state index >= 15 is 0 Å². The Hall–Kier alpha value is -0.120. The van der Waals surface area contributed by atoms with Gasteiger partial charge in [-0.1, -0.05) is 6.92 Å². The van der Waals surface area contributed by atoms with E-state index < -0.39 is 0 Å². The molecule has 0 radical (unpaired) electrons. The normalized spacial score (nSPS) is 31.9. The van der Waals surface area contributed by atoms with Crippen molar-refractivity contribution in [1.82, 2.24) is 10.2 Å². The summed E-state index contributed by atoms with van der Waals surface area (Å²) in [4.78, 5) is 2.61. The van der Waals surface area contributed by atoms with Crippen LogP contribution in [0.25, 0.3) is 0 Å². The Labute approximate surface area is 99.5 Å². The number of rotatable bonds is 6. The van der Waals surface area contributed by atoms with Gasteiger partial charge < -0.3 is 10.1 Å². The van der Waals surface area contributed by atoms with E-state index in [2.05, 4.69) is 24.2 Å². The number of hydrogen-bond donors (Lipinski definition) is 1. The molecule has 3 atom stereocenters. The zero-order valence-corrected chi connectivity index (χ0v) is 10.7. The molecule has 0 saturated carbocycles. The summed E-state index contributed by atoms with van der Waals surface area (Å²) in [7, 11) is 2.07. The van der Waals surface area contributed by atoms with Gasteiger partial charge in [0.25, 0.3) is 0 Å². The number of likely N-dealkylation sites (tertiary alicyclic amines) is 1. The predicted octanol–water partition coefficient (Wildman–Crippen LogP) is 1.63. The highest BCUT2D eigenvalue weighted by molar-refractivity contribution is 4.84. The van der Waals surface area contributed by atoms with Crippen molar-refractivity contribution in [3.05, 3.63) is 0 Å². The van der Waals surface area contributed by atoms with Crippen LogP contribution < -0.4 is 5.32 Å². The maximum atomic E-state index is 5.84. The molecule has 3 unspecified atom stereocenters. The maximum absolute atomic E-state index is 5.84. The topological polar surface area (TPSA) is 24.5 Å². The number of hydrogen-bond acceptors (Lipinski definition) is 3. The van der Waals surface area contributed by atoms with Gasteiger partial charge in [0.15, 0.2) is 0 Å². The van der Waals surface area contributed by atoms with Gasteiger partial charge in [-0.05, 0) is 45.7 Å². The quantitative estimate of drug-likeness (QED) is 0.745. The van der Waals surface area contributed by atoms with Crippen molar-refractivity contribution in [3.63, 3.8) is 0 Å². The van der Waals surface area contributed by atoms with Gasteiger partial charge in [-0.15, -0.1) is 0 Å². The van der Waals surface area contributed by atoms with Gasteiger partial charge in [-0.2, -0.15) is 0 Å². The maximum Gasteiger partial charge on any atom is 0.0707 e. The van der Waals surface area contributed by atoms with Crippen LogP contribution >= 0.6 is 0 Å². The molecule has 0 amide bonds. The summed E-state index contributed by atoms with van der Waals surface area (Å²) in [6, 6.07) is 0.706. The van der Waals surface area contributed by atoms with Crippen molar-refractivity contribution < 1.29 is 4.74 Å².